The molecule has 1 saturated heterocycles. The zero-order valence-electron chi connectivity index (χ0n) is 11.8. The normalized spacial score (nSPS) is 38.0. The van der Waals surface area contributed by atoms with E-state index in [2.05, 4.69) is 21.2 Å². The number of hydrogen-bond acceptors (Lipinski definition) is 2. The molecule has 3 aliphatic rings. The molecule has 1 aliphatic heterocycles. The van der Waals surface area contributed by atoms with Crippen molar-refractivity contribution in [3.05, 3.63) is 34.3 Å². The van der Waals surface area contributed by atoms with E-state index in [1.54, 1.807) is 0 Å². The van der Waals surface area contributed by atoms with Crippen molar-refractivity contribution < 1.29 is 9.59 Å². The summed E-state index contributed by atoms with van der Waals surface area (Å²) >= 11 is 3.45. The number of fused-ring (bicyclic) bond motifs is 3. The van der Waals surface area contributed by atoms with Gasteiger partial charge in [0.25, 0.3) is 0 Å². The van der Waals surface area contributed by atoms with Gasteiger partial charge in [-0.1, -0.05) is 34.5 Å². The van der Waals surface area contributed by atoms with Crippen molar-refractivity contribution >= 4 is 27.7 Å². The summed E-state index contributed by atoms with van der Waals surface area (Å²) in [7, 11) is 0. The summed E-state index contributed by atoms with van der Waals surface area (Å²) in [5, 5.41) is 2.56. The fraction of sp³-hybridized carbons (Fsp3) is 0.529. The molecule has 0 radical (unpaired) electrons. The summed E-state index contributed by atoms with van der Waals surface area (Å²) < 4.78 is 1.01. The Hall–Kier alpha value is -1.16. The van der Waals surface area contributed by atoms with Gasteiger partial charge in [-0.25, -0.2) is 0 Å². The van der Waals surface area contributed by atoms with Crippen LogP contribution < -0.4 is 5.32 Å². The Kier molecular flexibility index (Phi) is 3.00. The standard InChI is InChI=1S/C17H18BrNO2/c18-13-5-2-11(3-6-13)15-16(21)19-14(20)9-17(15)8-10-1-4-12(17)7-10/h2-3,5-6,10,12,15H,1,4,7-9H2,(H,19,20,21). The second-order valence-electron chi connectivity index (χ2n) is 6.89. The molecule has 3 nitrogen and oxygen atoms in total. The third kappa shape index (κ3) is 1.99. The van der Waals surface area contributed by atoms with Crippen molar-refractivity contribution in [2.24, 2.45) is 17.3 Å². The summed E-state index contributed by atoms with van der Waals surface area (Å²) in [4.78, 5) is 24.6. The minimum absolute atomic E-state index is 0.0825. The molecular formula is C17H18BrNO2. The van der Waals surface area contributed by atoms with Gasteiger partial charge in [0.05, 0.1) is 5.92 Å². The Morgan fingerprint density at radius 1 is 1.14 bits per heavy atom. The van der Waals surface area contributed by atoms with E-state index in [1.807, 2.05) is 24.3 Å². The number of carbonyl (C=O) groups excluding carboxylic acids is 2. The zero-order valence-corrected chi connectivity index (χ0v) is 13.4. The predicted molar refractivity (Wildman–Crippen MR) is 82.5 cm³/mol. The molecule has 4 heteroatoms. The molecule has 4 atom stereocenters. The van der Waals surface area contributed by atoms with Gasteiger partial charge in [-0.2, -0.15) is 0 Å². The summed E-state index contributed by atoms with van der Waals surface area (Å²) in [6, 6.07) is 8.02. The maximum Gasteiger partial charge on any atom is 0.234 e. The summed E-state index contributed by atoms with van der Waals surface area (Å²) in [5.74, 6) is 0.901. The lowest BCUT2D eigenvalue weighted by Gasteiger charge is -2.46. The van der Waals surface area contributed by atoms with Crippen molar-refractivity contribution in [3.63, 3.8) is 0 Å². The van der Waals surface area contributed by atoms with Crippen molar-refractivity contribution in [1.29, 1.82) is 0 Å². The Bertz CT molecular complexity index is 612. The second kappa shape index (κ2) is 4.67. The highest BCUT2D eigenvalue weighted by molar-refractivity contribution is 9.10. The molecule has 2 aliphatic carbocycles. The summed E-state index contributed by atoms with van der Waals surface area (Å²) in [6.07, 6.45) is 5.21. The number of rotatable bonds is 1. The molecule has 4 rings (SSSR count). The molecule has 2 bridgehead atoms. The molecule has 2 saturated carbocycles. The number of nitrogens with one attached hydrogen (secondary N) is 1. The average molecular weight is 348 g/mol. The molecule has 110 valence electrons. The lowest BCUT2D eigenvalue weighted by molar-refractivity contribution is -0.142. The van der Waals surface area contributed by atoms with Gasteiger partial charge in [-0.15, -0.1) is 0 Å². The van der Waals surface area contributed by atoms with E-state index in [-0.39, 0.29) is 23.1 Å². The predicted octanol–water partition coefficient (Wildman–Crippen LogP) is 3.39. The summed E-state index contributed by atoms with van der Waals surface area (Å²) in [6.45, 7) is 0. The number of halogens is 1. The van der Waals surface area contributed by atoms with Gasteiger partial charge in [-0.3, -0.25) is 14.9 Å². The third-order valence-electron chi connectivity index (χ3n) is 5.82. The topological polar surface area (TPSA) is 46.2 Å². The quantitative estimate of drug-likeness (QED) is 0.791. The number of amides is 2. The Labute approximate surface area is 132 Å². The lowest BCUT2D eigenvalue weighted by Crippen LogP contribution is -2.52. The van der Waals surface area contributed by atoms with Crippen LogP contribution in [0.3, 0.4) is 0 Å². The first-order valence-corrected chi connectivity index (χ1v) is 8.47. The highest BCUT2D eigenvalue weighted by Crippen LogP contribution is 2.64. The lowest BCUT2D eigenvalue weighted by atomic mass is 9.59. The van der Waals surface area contributed by atoms with Crippen LogP contribution in [0.2, 0.25) is 0 Å². The highest BCUT2D eigenvalue weighted by Gasteiger charge is 2.59. The average Bonchev–Trinajstić information content (AvgIpc) is 3.00. The second-order valence-corrected chi connectivity index (χ2v) is 7.80. The fourth-order valence-corrected chi connectivity index (χ4v) is 5.38. The van der Waals surface area contributed by atoms with Gasteiger partial charge in [0.2, 0.25) is 11.8 Å². The largest absolute Gasteiger partial charge is 0.296 e. The molecule has 1 spiro atoms. The van der Waals surface area contributed by atoms with Gasteiger partial charge in [-0.05, 0) is 54.2 Å². The van der Waals surface area contributed by atoms with E-state index in [0.29, 0.717) is 18.3 Å². The Morgan fingerprint density at radius 3 is 2.52 bits per heavy atom. The van der Waals surface area contributed by atoms with Gasteiger partial charge >= 0.3 is 0 Å². The molecule has 1 heterocycles. The molecular weight excluding hydrogens is 330 g/mol. The number of carbonyl (C=O) groups is 2. The minimum atomic E-state index is -0.168. The van der Waals surface area contributed by atoms with Crippen LogP contribution in [-0.4, -0.2) is 11.8 Å². The molecule has 2 amide bonds. The van der Waals surface area contributed by atoms with Gasteiger partial charge in [0.15, 0.2) is 0 Å². The maximum absolute atomic E-state index is 12.6. The highest BCUT2D eigenvalue weighted by atomic mass is 79.9. The molecule has 1 N–H and O–H groups in total. The fourth-order valence-electron chi connectivity index (χ4n) is 5.11. The number of benzene rings is 1. The van der Waals surface area contributed by atoms with Gasteiger partial charge < -0.3 is 0 Å². The van der Waals surface area contributed by atoms with Gasteiger partial charge in [0, 0.05) is 10.9 Å². The molecule has 4 unspecified atom stereocenters. The van der Waals surface area contributed by atoms with Crippen LogP contribution in [0, 0.1) is 17.3 Å². The molecule has 1 aromatic rings. The SMILES string of the molecule is O=C1CC2(CC3CCC2C3)C(c2ccc(Br)cc2)C(=O)N1. The molecule has 3 fully saturated rings. The van der Waals surface area contributed by atoms with Crippen molar-refractivity contribution in [2.45, 2.75) is 38.0 Å². The maximum atomic E-state index is 12.6. The molecule has 1 aromatic carbocycles. The van der Waals surface area contributed by atoms with Crippen LogP contribution in [-0.2, 0) is 9.59 Å². The first-order chi connectivity index (χ1) is 10.1. The smallest absolute Gasteiger partial charge is 0.234 e. The van der Waals surface area contributed by atoms with Crippen LogP contribution in [0.5, 0.6) is 0 Å². The van der Waals surface area contributed by atoms with Crippen molar-refractivity contribution in [3.8, 4) is 0 Å². The van der Waals surface area contributed by atoms with E-state index < -0.39 is 0 Å². The van der Waals surface area contributed by atoms with E-state index in [4.69, 9.17) is 0 Å². The zero-order chi connectivity index (χ0) is 14.6. The minimum Gasteiger partial charge on any atom is -0.296 e. The summed E-state index contributed by atoms with van der Waals surface area (Å²) in [5.41, 5.74) is 0.923. The van der Waals surface area contributed by atoms with E-state index in [0.717, 1.165) is 16.5 Å². The van der Waals surface area contributed by atoms with Crippen LogP contribution >= 0.6 is 15.9 Å². The Morgan fingerprint density at radius 2 is 1.90 bits per heavy atom. The number of hydrogen-bond donors (Lipinski definition) is 1. The van der Waals surface area contributed by atoms with Gasteiger partial charge in [0.1, 0.15) is 0 Å². The van der Waals surface area contributed by atoms with Crippen LogP contribution in [0.1, 0.15) is 43.6 Å². The Balaban J connectivity index is 1.79. The first kappa shape index (κ1) is 13.5. The first-order valence-electron chi connectivity index (χ1n) is 7.68. The molecule has 21 heavy (non-hydrogen) atoms. The monoisotopic (exact) mass is 347 g/mol. The third-order valence-corrected chi connectivity index (χ3v) is 6.34. The molecule has 0 aromatic heterocycles. The van der Waals surface area contributed by atoms with Crippen LogP contribution in [0.25, 0.3) is 0 Å². The number of imide groups is 1. The van der Waals surface area contributed by atoms with E-state index in [1.165, 1.54) is 19.3 Å². The van der Waals surface area contributed by atoms with Crippen LogP contribution in [0.4, 0.5) is 0 Å². The van der Waals surface area contributed by atoms with E-state index >= 15 is 0 Å². The van der Waals surface area contributed by atoms with Crippen LogP contribution in [0.15, 0.2) is 28.7 Å². The van der Waals surface area contributed by atoms with Crippen molar-refractivity contribution in [1.82, 2.24) is 5.32 Å². The van der Waals surface area contributed by atoms with E-state index in [9.17, 15) is 9.59 Å². The van der Waals surface area contributed by atoms with Crippen molar-refractivity contribution in [2.75, 3.05) is 0 Å². The number of piperidine rings is 1.